The Kier molecular flexibility index (Phi) is 8.81. The Balaban J connectivity index is 0.00000161. The number of carbonyl (C=O) groups excluding carboxylic acids is 1. The maximum absolute atomic E-state index is 12.2. The molecule has 0 aromatic carbocycles. The second kappa shape index (κ2) is 9.04. The molecule has 3 rings (SSSR count). The van der Waals surface area contributed by atoms with Crippen LogP contribution in [-0.2, 0) is 4.79 Å². The van der Waals surface area contributed by atoms with E-state index in [9.17, 15) is 4.79 Å². The molecule has 1 atom stereocenters. The van der Waals surface area contributed by atoms with Gasteiger partial charge >= 0.3 is 0 Å². The molecule has 1 aliphatic carbocycles. The molecular weight excluding hydrogens is 359 g/mol. The van der Waals surface area contributed by atoms with Gasteiger partial charge in [-0.3, -0.25) is 14.7 Å². The standard InChI is InChI=1S/C15H22N4O.3ClH/c1-12(13-3-2-6-17-11-13)18-7-9-19(10-8-18)14(20)15(16)4-5-15;;;/h2-3,6,11-12H,4-5,7-10,16H2,1H3;3*1H. The van der Waals surface area contributed by atoms with E-state index >= 15 is 0 Å². The summed E-state index contributed by atoms with van der Waals surface area (Å²) >= 11 is 0. The molecule has 1 amide bonds. The molecule has 8 heteroatoms. The number of piperazine rings is 1. The lowest BCUT2D eigenvalue weighted by Gasteiger charge is -2.39. The van der Waals surface area contributed by atoms with Crippen molar-refractivity contribution in [3.05, 3.63) is 30.1 Å². The monoisotopic (exact) mass is 382 g/mol. The Morgan fingerprint density at radius 3 is 2.30 bits per heavy atom. The molecule has 1 aliphatic heterocycles. The van der Waals surface area contributed by atoms with Gasteiger partial charge in [-0.1, -0.05) is 6.07 Å². The predicted molar refractivity (Wildman–Crippen MR) is 98.7 cm³/mol. The minimum atomic E-state index is -0.531. The summed E-state index contributed by atoms with van der Waals surface area (Å²) in [6.07, 6.45) is 5.40. The number of carbonyl (C=O) groups is 1. The summed E-state index contributed by atoms with van der Waals surface area (Å²) in [4.78, 5) is 20.7. The van der Waals surface area contributed by atoms with Crippen molar-refractivity contribution >= 4 is 43.1 Å². The van der Waals surface area contributed by atoms with E-state index in [4.69, 9.17) is 5.73 Å². The van der Waals surface area contributed by atoms with E-state index in [-0.39, 0.29) is 43.1 Å². The number of amides is 1. The maximum Gasteiger partial charge on any atom is 0.242 e. The van der Waals surface area contributed by atoms with E-state index < -0.39 is 5.54 Å². The summed E-state index contributed by atoms with van der Waals surface area (Å²) in [6.45, 7) is 5.56. The largest absolute Gasteiger partial charge is 0.339 e. The van der Waals surface area contributed by atoms with Crippen molar-refractivity contribution in [2.45, 2.75) is 31.3 Å². The van der Waals surface area contributed by atoms with Gasteiger partial charge in [-0.2, -0.15) is 0 Å². The van der Waals surface area contributed by atoms with E-state index in [2.05, 4.69) is 22.9 Å². The third kappa shape index (κ3) is 4.94. The highest BCUT2D eigenvalue weighted by Crippen LogP contribution is 2.34. The van der Waals surface area contributed by atoms with Gasteiger partial charge in [0.25, 0.3) is 0 Å². The third-order valence-electron chi connectivity index (χ3n) is 4.53. The van der Waals surface area contributed by atoms with Gasteiger partial charge in [-0.05, 0) is 31.4 Å². The van der Waals surface area contributed by atoms with Crippen molar-refractivity contribution in [3.63, 3.8) is 0 Å². The topological polar surface area (TPSA) is 62.5 Å². The minimum absolute atomic E-state index is 0. The van der Waals surface area contributed by atoms with Gasteiger partial charge in [0.15, 0.2) is 0 Å². The van der Waals surface area contributed by atoms with Gasteiger partial charge < -0.3 is 10.6 Å². The lowest BCUT2D eigenvalue weighted by molar-refractivity contribution is -0.135. The van der Waals surface area contributed by atoms with Crippen LogP contribution in [0.3, 0.4) is 0 Å². The highest BCUT2D eigenvalue weighted by Gasteiger charge is 2.48. The Hall–Kier alpha value is -0.590. The molecule has 2 aliphatic rings. The van der Waals surface area contributed by atoms with Crippen LogP contribution < -0.4 is 5.73 Å². The Labute approximate surface area is 156 Å². The molecule has 0 radical (unpaired) electrons. The van der Waals surface area contributed by atoms with Crippen molar-refractivity contribution in [1.82, 2.24) is 14.8 Å². The molecule has 0 bridgehead atoms. The third-order valence-corrected chi connectivity index (χ3v) is 4.53. The number of rotatable bonds is 3. The summed E-state index contributed by atoms with van der Waals surface area (Å²) in [5.74, 6) is 0.145. The zero-order valence-electron chi connectivity index (χ0n) is 13.2. The fourth-order valence-electron chi connectivity index (χ4n) is 2.81. The average molecular weight is 384 g/mol. The SMILES string of the molecule is CC(c1cccnc1)N1CCN(C(=O)C2(N)CC2)CC1.Cl.Cl.Cl. The van der Waals surface area contributed by atoms with Crippen molar-refractivity contribution < 1.29 is 4.79 Å². The molecule has 5 nitrogen and oxygen atoms in total. The van der Waals surface area contributed by atoms with Crippen LogP contribution in [0.15, 0.2) is 24.5 Å². The molecule has 1 aromatic rings. The number of aromatic nitrogens is 1. The van der Waals surface area contributed by atoms with Gasteiger partial charge in [0.1, 0.15) is 0 Å². The second-order valence-electron chi connectivity index (χ2n) is 5.95. The summed E-state index contributed by atoms with van der Waals surface area (Å²) in [6, 6.07) is 4.42. The Bertz CT molecular complexity index is 491. The highest BCUT2D eigenvalue weighted by molar-refractivity contribution is 5.89. The van der Waals surface area contributed by atoms with Gasteiger partial charge in [-0.15, -0.1) is 37.2 Å². The van der Waals surface area contributed by atoms with Gasteiger partial charge in [0, 0.05) is 44.6 Å². The van der Waals surface area contributed by atoms with E-state index in [0.717, 1.165) is 39.0 Å². The Morgan fingerprint density at radius 1 is 1.22 bits per heavy atom. The molecule has 1 aromatic heterocycles. The maximum atomic E-state index is 12.2. The highest BCUT2D eigenvalue weighted by atomic mass is 35.5. The second-order valence-corrected chi connectivity index (χ2v) is 5.95. The number of nitrogens with two attached hydrogens (primary N) is 1. The lowest BCUT2D eigenvalue weighted by atomic mass is 10.1. The van der Waals surface area contributed by atoms with Crippen molar-refractivity contribution in [2.75, 3.05) is 26.2 Å². The van der Waals surface area contributed by atoms with Crippen LogP contribution in [0.4, 0.5) is 0 Å². The number of halogens is 3. The quantitative estimate of drug-likeness (QED) is 0.867. The van der Waals surface area contributed by atoms with Gasteiger partial charge in [0.2, 0.25) is 5.91 Å². The molecule has 1 saturated carbocycles. The van der Waals surface area contributed by atoms with E-state index in [1.807, 2.05) is 17.2 Å². The van der Waals surface area contributed by atoms with Gasteiger partial charge in [0.05, 0.1) is 5.54 Å². The van der Waals surface area contributed by atoms with Crippen molar-refractivity contribution in [3.8, 4) is 0 Å². The number of nitrogens with zero attached hydrogens (tertiary/aromatic N) is 3. The van der Waals surface area contributed by atoms with Gasteiger partial charge in [-0.25, -0.2) is 0 Å². The fraction of sp³-hybridized carbons (Fsp3) is 0.600. The predicted octanol–water partition coefficient (Wildman–Crippen LogP) is 2.04. The summed E-state index contributed by atoms with van der Waals surface area (Å²) in [7, 11) is 0. The molecule has 132 valence electrons. The molecule has 2 fully saturated rings. The number of hydrogen-bond acceptors (Lipinski definition) is 4. The molecular formula is C15H25Cl3N4O. The van der Waals surface area contributed by atoms with Crippen LogP contribution in [0, 0.1) is 0 Å². The minimum Gasteiger partial charge on any atom is -0.339 e. The summed E-state index contributed by atoms with van der Waals surface area (Å²) in [5.41, 5.74) is 6.69. The van der Waals surface area contributed by atoms with Crippen LogP contribution in [0.5, 0.6) is 0 Å². The molecule has 2 heterocycles. The summed E-state index contributed by atoms with van der Waals surface area (Å²) in [5, 5.41) is 0. The molecule has 1 unspecified atom stereocenters. The van der Waals surface area contributed by atoms with E-state index in [1.165, 1.54) is 5.56 Å². The molecule has 2 N–H and O–H groups in total. The van der Waals surface area contributed by atoms with Crippen LogP contribution in [0.25, 0.3) is 0 Å². The first-order valence-electron chi connectivity index (χ1n) is 7.32. The molecule has 0 spiro atoms. The first-order chi connectivity index (χ1) is 9.60. The lowest BCUT2D eigenvalue weighted by Crippen LogP contribution is -2.54. The van der Waals surface area contributed by atoms with Crippen LogP contribution in [0.2, 0.25) is 0 Å². The normalized spacial score (nSPS) is 20.3. The first kappa shape index (κ1) is 22.4. The molecule has 1 saturated heterocycles. The van der Waals surface area contributed by atoms with Crippen molar-refractivity contribution in [2.24, 2.45) is 5.73 Å². The Morgan fingerprint density at radius 2 is 1.83 bits per heavy atom. The first-order valence-corrected chi connectivity index (χ1v) is 7.32. The number of hydrogen-bond donors (Lipinski definition) is 1. The van der Waals surface area contributed by atoms with Crippen LogP contribution in [0.1, 0.15) is 31.4 Å². The zero-order chi connectivity index (χ0) is 14.2. The average Bonchev–Trinajstić information content (AvgIpc) is 3.26. The number of pyridine rings is 1. The van der Waals surface area contributed by atoms with Crippen LogP contribution in [-0.4, -0.2) is 52.4 Å². The van der Waals surface area contributed by atoms with Crippen LogP contribution >= 0.6 is 37.2 Å². The van der Waals surface area contributed by atoms with E-state index in [0.29, 0.717) is 6.04 Å². The smallest absolute Gasteiger partial charge is 0.242 e. The van der Waals surface area contributed by atoms with E-state index in [1.54, 1.807) is 6.20 Å². The fourth-order valence-corrected chi connectivity index (χ4v) is 2.81. The van der Waals surface area contributed by atoms with Crippen molar-refractivity contribution in [1.29, 1.82) is 0 Å². The molecule has 23 heavy (non-hydrogen) atoms. The summed E-state index contributed by atoms with van der Waals surface area (Å²) < 4.78 is 0. The zero-order valence-corrected chi connectivity index (χ0v) is 15.6.